The number of anilines is 1. The minimum absolute atomic E-state index is 0.645. The highest BCUT2D eigenvalue weighted by Gasteiger charge is 2.06. The van der Waals surface area contributed by atoms with E-state index in [2.05, 4.69) is 52.5 Å². The first kappa shape index (κ1) is 15.4. The number of benzene rings is 2. The van der Waals surface area contributed by atoms with Crippen LogP contribution in [-0.4, -0.2) is 23.6 Å². The minimum atomic E-state index is 0.645. The number of ether oxygens (including phenoxy) is 1. The Morgan fingerprint density at radius 2 is 1.83 bits per heavy atom. The molecule has 23 heavy (non-hydrogen) atoms. The lowest BCUT2D eigenvalue weighted by molar-refractivity contribution is 0.184. The SMILES string of the molecule is COCc1ccccc1CCNc1ncnc2c(C)cccc12. The Morgan fingerprint density at radius 1 is 1.00 bits per heavy atom. The van der Waals surface area contributed by atoms with Gasteiger partial charge in [-0.15, -0.1) is 0 Å². The zero-order chi connectivity index (χ0) is 16.1. The number of fused-ring (bicyclic) bond motifs is 1. The third-order valence-electron chi connectivity index (χ3n) is 3.97. The van der Waals surface area contributed by atoms with Gasteiger partial charge in [-0.1, -0.05) is 36.4 Å². The second-order valence-electron chi connectivity index (χ2n) is 5.57. The second-order valence-corrected chi connectivity index (χ2v) is 5.57. The van der Waals surface area contributed by atoms with E-state index in [4.69, 9.17) is 4.74 Å². The molecule has 3 aromatic rings. The molecule has 4 heteroatoms. The van der Waals surface area contributed by atoms with Gasteiger partial charge in [0.1, 0.15) is 12.1 Å². The Balaban J connectivity index is 1.74. The monoisotopic (exact) mass is 307 g/mol. The van der Waals surface area contributed by atoms with Crippen molar-refractivity contribution < 1.29 is 4.74 Å². The highest BCUT2D eigenvalue weighted by molar-refractivity contribution is 5.90. The molecule has 0 amide bonds. The molecule has 4 nitrogen and oxygen atoms in total. The second kappa shape index (κ2) is 7.20. The van der Waals surface area contributed by atoms with Gasteiger partial charge >= 0.3 is 0 Å². The van der Waals surface area contributed by atoms with E-state index < -0.39 is 0 Å². The summed E-state index contributed by atoms with van der Waals surface area (Å²) in [5.41, 5.74) is 4.71. The van der Waals surface area contributed by atoms with Crippen molar-refractivity contribution >= 4 is 16.7 Å². The lowest BCUT2D eigenvalue weighted by Crippen LogP contribution is -2.09. The molecule has 0 bridgehead atoms. The number of aryl methyl sites for hydroxylation is 1. The van der Waals surface area contributed by atoms with Crippen LogP contribution in [0.2, 0.25) is 0 Å². The number of hydrogen-bond donors (Lipinski definition) is 1. The standard InChI is InChI=1S/C19H21N3O/c1-14-6-5-9-17-18(14)21-13-22-19(17)20-11-10-15-7-3-4-8-16(15)12-23-2/h3-9,13H,10-12H2,1-2H3,(H,20,21,22). The van der Waals surface area contributed by atoms with Gasteiger partial charge in [-0.3, -0.25) is 0 Å². The van der Waals surface area contributed by atoms with Crippen molar-refractivity contribution in [3.8, 4) is 0 Å². The molecule has 0 saturated heterocycles. The molecule has 0 spiro atoms. The van der Waals surface area contributed by atoms with E-state index >= 15 is 0 Å². The molecule has 2 aromatic carbocycles. The zero-order valence-electron chi connectivity index (χ0n) is 13.5. The summed E-state index contributed by atoms with van der Waals surface area (Å²) in [5, 5.41) is 4.51. The molecule has 0 radical (unpaired) electrons. The van der Waals surface area contributed by atoms with E-state index in [9.17, 15) is 0 Å². The maximum Gasteiger partial charge on any atom is 0.137 e. The summed E-state index contributed by atoms with van der Waals surface area (Å²) >= 11 is 0. The Hall–Kier alpha value is -2.46. The topological polar surface area (TPSA) is 47.0 Å². The third-order valence-corrected chi connectivity index (χ3v) is 3.97. The Bertz CT molecular complexity index is 801. The van der Waals surface area contributed by atoms with Gasteiger partial charge in [-0.25, -0.2) is 9.97 Å². The van der Waals surface area contributed by atoms with Gasteiger partial charge in [0.15, 0.2) is 0 Å². The molecule has 0 atom stereocenters. The van der Waals surface area contributed by atoms with Crippen molar-refractivity contribution in [3.63, 3.8) is 0 Å². The maximum absolute atomic E-state index is 5.26. The van der Waals surface area contributed by atoms with Crippen LogP contribution in [0.15, 0.2) is 48.8 Å². The molecule has 1 N–H and O–H groups in total. The number of hydrogen-bond acceptors (Lipinski definition) is 4. The summed E-state index contributed by atoms with van der Waals surface area (Å²) < 4.78 is 5.26. The smallest absolute Gasteiger partial charge is 0.137 e. The van der Waals surface area contributed by atoms with E-state index in [0.717, 1.165) is 29.7 Å². The number of nitrogens with one attached hydrogen (secondary N) is 1. The Morgan fingerprint density at radius 3 is 2.65 bits per heavy atom. The zero-order valence-corrected chi connectivity index (χ0v) is 13.5. The van der Waals surface area contributed by atoms with Gasteiger partial charge in [0.2, 0.25) is 0 Å². The van der Waals surface area contributed by atoms with Gasteiger partial charge in [0, 0.05) is 19.0 Å². The molecular weight excluding hydrogens is 286 g/mol. The van der Waals surface area contributed by atoms with E-state index in [1.54, 1.807) is 13.4 Å². The van der Waals surface area contributed by atoms with Crippen molar-refractivity contribution in [2.24, 2.45) is 0 Å². The number of nitrogens with zero attached hydrogens (tertiary/aromatic N) is 2. The van der Waals surface area contributed by atoms with Crippen LogP contribution in [0.1, 0.15) is 16.7 Å². The van der Waals surface area contributed by atoms with Gasteiger partial charge in [-0.2, -0.15) is 0 Å². The van der Waals surface area contributed by atoms with Crippen molar-refractivity contribution in [1.29, 1.82) is 0 Å². The first-order chi connectivity index (χ1) is 11.3. The fourth-order valence-corrected chi connectivity index (χ4v) is 2.79. The molecule has 1 aromatic heterocycles. The van der Waals surface area contributed by atoms with Gasteiger partial charge in [0.05, 0.1) is 12.1 Å². The molecule has 0 unspecified atom stereocenters. The average molecular weight is 307 g/mol. The Kier molecular flexibility index (Phi) is 4.83. The summed E-state index contributed by atoms with van der Waals surface area (Å²) in [6.45, 7) is 3.53. The summed E-state index contributed by atoms with van der Waals surface area (Å²) in [6.07, 6.45) is 2.55. The molecule has 1 heterocycles. The molecule has 0 fully saturated rings. The molecule has 0 aliphatic rings. The number of para-hydroxylation sites is 1. The van der Waals surface area contributed by atoms with Crippen molar-refractivity contribution in [2.45, 2.75) is 20.0 Å². The molecule has 118 valence electrons. The molecule has 0 aliphatic heterocycles. The van der Waals surface area contributed by atoms with Crippen LogP contribution in [0, 0.1) is 6.92 Å². The lowest BCUT2D eigenvalue weighted by Gasteiger charge is -2.11. The molecule has 0 saturated carbocycles. The quantitative estimate of drug-likeness (QED) is 0.753. The van der Waals surface area contributed by atoms with Crippen molar-refractivity contribution in [1.82, 2.24) is 9.97 Å². The maximum atomic E-state index is 5.26. The highest BCUT2D eigenvalue weighted by Crippen LogP contribution is 2.21. The highest BCUT2D eigenvalue weighted by atomic mass is 16.5. The Labute approximate surface area is 136 Å². The predicted molar refractivity (Wildman–Crippen MR) is 93.6 cm³/mol. The van der Waals surface area contributed by atoms with Crippen LogP contribution in [0.5, 0.6) is 0 Å². The van der Waals surface area contributed by atoms with Crippen LogP contribution in [0.25, 0.3) is 10.9 Å². The average Bonchev–Trinajstić information content (AvgIpc) is 2.57. The first-order valence-corrected chi connectivity index (χ1v) is 7.79. The number of methoxy groups -OCH3 is 1. The van der Waals surface area contributed by atoms with Crippen LogP contribution in [0.4, 0.5) is 5.82 Å². The van der Waals surface area contributed by atoms with Crippen LogP contribution >= 0.6 is 0 Å². The summed E-state index contributed by atoms with van der Waals surface area (Å²) in [6, 6.07) is 14.5. The third kappa shape index (κ3) is 3.48. The predicted octanol–water partition coefficient (Wildman–Crippen LogP) is 3.74. The van der Waals surface area contributed by atoms with Crippen LogP contribution in [-0.2, 0) is 17.8 Å². The largest absolute Gasteiger partial charge is 0.380 e. The number of aromatic nitrogens is 2. The summed E-state index contributed by atoms with van der Waals surface area (Å²) in [4.78, 5) is 8.77. The van der Waals surface area contributed by atoms with E-state index in [1.807, 2.05) is 12.1 Å². The fourth-order valence-electron chi connectivity index (χ4n) is 2.79. The van der Waals surface area contributed by atoms with E-state index in [1.165, 1.54) is 16.7 Å². The normalized spacial score (nSPS) is 10.9. The first-order valence-electron chi connectivity index (χ1n) is 7.79. The number of rotatable bonds is 6. The van der Waals surface area contributed by atoms with Gasteiger partial charge in [-0.05, 0) is 36.1 Å². The van der Waals surface area contributed by atoms with Crippen LogP contribution < -0.4 is 5.32 Å². The lowest BCUT2D eigenvalue weighted by atomic mass is 10.1. The molecule has 0 aliphatic carbocycles. The van der Waals surface area contributed by atoms with Crippen molar-refractivity contribution in [3.05, 3.63) is 65.5 Å². The molecular formula is C19H21N3O. The molecule has 3 rings (SSSR count). The summed E-state index contributed by atoms with van der Waals surface area (Å²) in [5.74, 6) is 0.892. The van der Waals surface area contributed by atoms with E-state index in [0.29, 0.717) is 6.61 Å². The van der Waals surface area contributed by atoms with Crippen molar-refractivity contribution in [2.75, 3.05) is 19.0 Å². The minimum Gasteiger partial charge on any atom is -0.380 e. The summed E-state index contributed by atoms with van der Waals surface area (Å²) in [7, 11) is 1.73. The van der Waals surface area contributed by atoms with Gasteiger partial charge in [0.25, 0.3) is 0 Å². The van der Waals surface area contributed by atoms with E-state index in [-0.39, 0.29) is 0 Å². The fraction of sp³-hybridized carbons (Fsp3) is 0.263. The van der Waals surface area contributed by atoms with Crippen LogP contribution in [0.3, 0.4) is 0 Å². The van der Waals surface area contributed by atoms with Gasteiger partial charge < -0.3 is 10.1 Å².